The van der Waals surface area contributed by atoms with Gasteiger partial charge in [0, 0.05) is 11.8 Å². The summed E-state index contributed by atoms with van der Waals surface area (Å²) in [4.78, 5) is 25.7. The molecule has 4 bridgehead atoms. The Morgan fingerprint density at radius 3 is 1.91 bits per heavy atom. The summed E-state index contributed by atoms with van der Waals surface area (Å²) in [6.07, 6.45) is 7.14. The summed E-state index contributed by atoms with van der Waals surface area (Å²) in [5, 5.41) is 3.05. The Morgan fingerprint density at radius 1 is 0.970 bits per heavy atom. The number of carbonyl (C=O) groups is 2. The molecule has 5 fully saturated rings. The molecule has 1 atom stereocenters. The van der Waals surface area contributed by atoms with Gasteiger partial charge in [-0.25, -0.2) is 0 Å². The molecule has 0 unspecified atom stereocenters. The van der Waals surface area contributed by atoms with E-state index in [2.05, 4.69) is 5.32 Å². The maximum absolute atomic E-state index is 13.4. The summed E-state index contributed by atoms with van der Waals surface area (Å²) < 4.78 is 12.3. The first-order chi connectivity index (χ1) is 15.5. The molecule has 33 heavy (non-hydrogen) atoms. The average Bonchev–Trinajstić information content (AvgIpc) is 2.94. The number of hydrogen-bond donors (Lipinski definition) is 2. The fraction of sp³-hybridized carbons (Fsp3) is 0.692. The second kappa shape index (κ2) is 7.84. The molecule has 6 rings (SSSR count). The zero-order valence-corrected chi connectivity index (χ0v) is 20.4. The molecule has 178 valence electrons. The van der Waals surface area contributed by atoms with Crippen molar-refractivity contribution in [1.29, 1.82) is 0 Å². The standard InChI is InChI=1S/C26H37BN2O4/c1-24(2)25(3,4)33-27(32-24)20-7-5-16(6-8-20)12-21(22(28)30)29-23(31)26-13-17-9-18(14-26)11-19(10-17)15-26/h5-8,17-19,21H,9-15H2,1-4H3,(H2,28,30)(H,29,31)/t17?,18?,19?,21-,26?/m0/s1. The highest BCUT2D eigenvalue weighted by atomic mass is 16.7. The van der Waals surface area contributed by atoms with Gasteiger partial charge in [0.1, 0.15) is 6.04 Å². The lowest BCUT2D eigenvalue weighted by Crippen LogP contribution is -2.57. The van der Waals surface area contributed by atoms with Crippen molar-refractivity contribution in [2.45, 2.75) is 89.9 Å². The van der Waals surface area contributed by atoms with Gasteiger partial charge in [-0.05, 0) is 95.0 Å². The number of primary amides is 1. The van der Waals surface area contributed by atoms with Crippen LogP contribution in [0.1, 0.15) is 71.8 Å². The highest BCUT2D eigenvalue weighted by Crippen LogP contribution is 2.60. The summed E-state index contributed by atoms with van der Waals surface area (Å²) in [6, 6.07) is 7.17. The van der Waals surface area contributed by atoms with Gasteiger partial charge in [0.15, 0.2) is 0 Å². The number of nitrogens with one attached hydrogen (secondary N) is 1. The van der Waals surface area contributed by atoms with E-state index in [1.165, 1.54) is 19.3 Å². The minimum atomic E-state index is -0.701. The molecule has 7 heteroatoms. The largest absolute Gasteiger partial charge is 0.494 e. The van der Waals surface area contributed by atoms with Gasteiger partial charge >= 0.3 is 7.12 Å². The Balaban J connectivity index is 1.25. The molecule has 1 aromatic carbocycles. The highest BCUT2D eigenvalue weighted by Gasteiger charge is 2.55. The van der Waals surface area contributed by atoms with Crippen LogP contribution in [0.5, 0.6) is 0 Å². The van der Waals surface area contributed by atoms with Gasteiger partial charge in [0.2, 0.25) is 11.8 Å². The molecule has 0 spiro atoms. The Bertz CT molecular complexity index is 891. The van der Waals surface area contributed by atoms with Crippen LogP contribution >= 0.6 is 0 Å². The van der Waals surface area contributed by atoms with Gasteiger partial charge < -0.3 is 20.4 Å². The molecule has 5 aliphatic rings. The van der Waals surface area contributed by atoms with E-state index in [0.717, 1.165) is 30.3 Å². The van der Waals surface area contributed by atoms with E-state index >= 15 is 0 Å². The molecule has 1 aromatic rings. The van der Waals surface area contributed by atoms with E-state index in [1.807, 2.05) is 52.0 Å². The van der Waals surface area contributed by atoms with Crippen molar-refractivity contribution in [2.75, 3.05) is 0 Å². The quantitative estimate of drug-likeness (QED) is 0.650. The smallest absolute Gasteiger partial charge is 0.399 e. The molecular formula is C26H37BN2O4. The molecule has 2 amide bonds. The maximum Gasteiger partial charge on any atom is 0.494 e. The minimum Gasteiger partial charge on any atom is -0.399 e. The van der Waals surface area contributed by atoms with Crippen LogP contribution in [0.15, 0.2) is 24.3 Å². The van der Waals surface area contributed by atoms with Crippen molar-refractivity contribution < 1.29 is 18.9 Å². The molecule has 1 heterocycles. The van der Waals surface area contributed by atoms with Crippen LogP contribution in [0.4, 0.5) is 0 Å². The molecule has 4 aliphatic carbocycles. The molecular weight excluding hydrogens is 415 g/mol. The Morgan fingerprint density at radius 2 is 1.45 bits per heavy atom. The second-order valence-electron chi connectivity index (χ2n) is 12.2. The first-order valence-electron chi connectivity index (χ1n) is 12.5. The van der Waals surface area contributed by atoms with Crippen molar-refractivity contribution in [3.63, 3.8) is 0 Å². The van der Waals surface area contributed by atoms with E-state index in [4.69, 9.17) is 15.0 Å². The molecule has 4 saturated carbocycles. The summed E-state index contributed by atoms with van der Waals surface area (Å²) in [5.41, 5.74) is 6.53. The van der Waals surface area contributed by atoms with Crippen LogP contribution in [-0.2, 0) is 25.3 Å². The van der Waals surface area contributed by atoms with E-state index in [9.17, 15) is 9.59 Å². The van der Waals surface area contributed by atoms with E-state index in [0.29, 0.717) is 24.2 Å². The third-order valence-corrected chi connectivity index (χ3v) is 9.11. The van der Waals surface area contributed by atoms with Crippen LogP contribution in [0.2, 0.25) is 0 Å². The van der Waals surface area contributed by atoms with Gasteiger partial charge in [-0.15, -0.1) is 0 Å². The summed E-state index contributed by atoms with van der Waals surface area (Å²) >= 11 is 0. The van der Waals surface area contributed by atoms with Crippen LogP contribution in [-0.4, -0.2) is 36.2 Å². The number of rotatable bonds is 6. The third-order valence-electron chi connectivity index (χ3n) is 9.11. The summed E-state index contributed by atoms with van der Waals surface area (Å²) in [7, 11) is -0.424. The Kier molecular flexibility index (Phi) is 5.44. The van der Waals surface area contributed by atoms with Crippen molar-refractivity contribution in [3.8, 4) is 0 Å². The first kappa shape index (κ1) is 22.9. The third kappa shape index (κ3) is 4.12. The average molecular weight is 452 g/mol. The topological polar surface area (TPSA) is 90.6 Å². The minimum absolute atomic E-state index is 0.0410. The predicted molar refractivity (Wildman–Crippen MR) is 128 cm³/mol. The van der Waals surface area contributed by atoms with Crippen LogP contribution < -0.4 is 16.5 Å². The van der Waals surface area contributed by atoms with Crippen molar-refractivity contribution >= 4 is 24.4 Å². The molecule has 3 N–H and O–H groups in total. The fourth-order valence-corrected chi connectivity index (χ4v) is 6.95. The van der Waals surface area contributed by atoms with Crippen molar-refractivity contribution in [3.05, 3.63) is 29.8 Å². The van der Waals surface area contributed by atoms with E-state index in [1.54, 1.807) is 0 Å². The zero-order valence-electron chi connectivity index (χ0n) is 20.4. The molecule has 0 aromatic heterocycles. The Labute approximate surface area is 197 Å². The van der Waals surface area contributed by atoms with Gasteiger partial charge in [-0.2, -0.15) is 0 Å². The van der Waals surface area contributed by atoms with Gasteiger partial charge in [0.05, 0.1) is 11.2 Å². The normalized spacial score (nSPS) is 34.3. The van der Waals surface area contributed by atoms with Crippen LogP contribution in [0, 0.1) is 23.2 Å². The van der Waals surface area contributed by atoms with Crippen LogP contribution in [0.25, 0.3) is 0 Å². The molecule has 6 nitrogen and oxygen atoms in total. The van der Waals surface area contributed by atoms with Gasteiger partial charge in [-0.1, -0.05) is 24.3 Å². The number of hydrogen-bond acceptors (Lipinski definition) is 4. The summed E-state index contributed by atoms with van der Waals surface area (Å²) in [5.74, 6) is 1.59. The second-order valence-corrected chi connectivity index (χ2v) is 12.2. The van der Waals surface area contributed by atoms with Crippen LogP contribution in [0.3, 0.4) is 0 Å². The predicted octanol–water partition coefficient (Wildman–Crippen LogP) is 2.71. The molecule has 1 saturated heterocycles. The first-order valence-corrected chi connectivity index (χ1v) is 12.5. The number of carbonyl (C=O) groups excluding carboxylic acids is 2. The highest BCUT2D eigenvalue weighted by molar-refractivity contribution is 6.62. The lowest BCUT2D eigenvalue weighted by molar-refractivity contribution is -0.148. The molecule has 0 radical (unpaired) electrons. The lowest BCUT2D eigenvalue weighted by atomic mass is 9.49. The maximum atomic E-state index is 13.4. The van der Waals surface area contributed by atoms with Crippen molar-refractivity contribution in [1.82, 2.24) is 5.32 Å². The van der Waals surface area contributed by atoms with Gasteiger partial charge in [-0.3, -0.25) is 9.59 Å². The summed E-state index contributed by atoms with van der Waals surface area (Å²) in [6.45, 7) is 8.13. The zero-order chi connectivity index (χ0) is 23.6. The molecule has 1 aliphatic heterocycles. The number of amides is 2. The number of nitrogens with two attached hydrogens (primary N) is 1. The van der Waals surface area contributed by atoms with E-state index in [-0.39, 0.29) is 11.3 Å². The Hall–Kier alpha value is -1.86. The fourth-order valence-electron chi connectivity index (χ4n) is 6.95. The SMILES string of the molecule is CC1(C)OB(c2ccc(C[C@H](NC(=O)C34CC5CC(CC(C5)C3)C4)C(N)=O)cc2)OC1(C)C. The lowest BCUT2D eigenvalue weighted by Gasteiger charge is -2.55. The van der Waals surface area contributed by atoms with Crippen molar-refractivity contribution in [2.24, 2.45) is 28.9 Å². The monoisotopic (exact) mass is 452 g/mol. The number of benzene rings is 1. The van der Waals surface area contributed by atoms with E-state index < -0.39 is 30.3 Å². The van der Waals surface area contributed by atoms with Gasteiger partial charge in [0.25, 0.3) is 0 Å².